The van der Waals surface area contributed by atoms with E-state index in [1.807, 2.05) is 80.1 Å². The van der Waals surface area contributed by atoms with Crippen LogP contribution in [0.15, 0.2) is 91.0 Å². The third-order valence-corrected chi connectivity index (χ3v) is 7.05. The quantitative estimate of drug-likeness (QED) is 0.217. The normalized spacial score (nSPS) is 13.4. The van der Waals surface area contributed by atoms with E-state index in [0.717, 1.165) is 22.3 Å². The molecular formula is C33H35N3O4. The van der Waals surface area contributed by atoms with Gasteiger partial charge in [-0.25, -0.2) is 14.3 Å². The standard InChI is InChI=1S/C33H35N3O4/c1-5-39-30(37)29-27-21-22-35(31(38)40-32(2,3)4)23-28(27)34-36(29)33(24-15-9-6-10-16-24,25-17-11-7-12-18-25)26-19-13-8-14-20-26/h6-20H,5,21-23H2,1-4H3. The molecule has 0 saturated carbocycles. The van der Waals surface area contributed by atoms with Crippen molar-refractivity contribution in [1.82, 2.24) is 14.7 Å². The maximum atomic E-state index is 13.8. The number of rotatable bonds is 6. The summed E-state index contributed by atoms with van der Waals surface area (Å²) in [6.07, 6.45) is 0.0581. The molecule has 5 rings (SSSR count). The molecule has 4 aromatic rings. The Kier molecular flexibility index (Phi) is 7.48. The van der Waals surface area contributed by atoms with Gasteiger partial charge in [0, 0.05) is 12.1 Å². The van der Waals surface area contributed by atoms with Crippen LogP contribution in [0.4, 0.5) is 4.79 Å². The minimum atomic E-state index is -0.986. The largest absolute Gasteiger partial charge is 0.461 e. The topological polar surface area (TPSA) is 73.7 Å². The molecule has 7 heteroatoms. The van der Waals surface area contributed by atoms with Crippen molar-refractivity contribution < 1.29 is 19.1 Å². The van der Waals surface area contributed by atoms with Crippen LogP contribution >= 0.6 is 0 Å². The second kappa shape index (κ2) is 11.0. The van der Waals surface area contributed by atoms with E-state index >= 15 is 0 Å². The van der Waals surface area contributed by atoms with Gasteiger partial charge in [-0.05, 0) is 50.8 Å². The smallest absolute Gasteiger partial charge is 0.410 e. The fourth-order valence-electron chi connectivity index (χ4n) is 5.43. The van der Waals surface area contributed by atoms with Gasteiger partial charge in [0.2, 0.25) is 0 Å². The van der Waals surface area contributed by atoms with Crippen LogP contribution in [-0.4, -0.2) is 45.5 Å². The van der Waals surface area contributed by atoms with Crippen LogP contribution in [0.25, 0.3) is 0 Å². The Hall–Kier alpha value is -4.39. The van der Waals surface area contributed by atoms with E-state index in [1.165, 1.54) is 0 Å². The first-order chi connectivity index (χ1) is 19.3. The predicted octanol–water partition coefficient (Wildman–Crippen LogP) is 6.19. The summed E-state index contributed by atoms with van der Waals surface area (Å²) in [6.45, 7) is 8.23. The number of esters is 1. The van der Waals surface area contributed by atoms with E-state index in [1.54, 1.807) is 11.8 Å². The van der Waals surface area contributed by atoms with Crippen molar-refractivity contribution >= 4 is 12.1 Å². The molecule has 3 aromatic carbocycles. The first-order valence-corrected chi connectivity index (χ1v) is 13.7. The van der Waals surface area contributed by atoms with Gasteiger partial charge in [0.1, 0.15) is 11.1 Å². The van der Waals surface area contributed by atoms with Gasteiger partial charge in [-0.3, -0.25) is 0 Å². The molecule has 1 aliphatic rings. The van der Waals surface area contributed by atoms with Gasteiger partial charge in [0.15, 0.2) is 5.69 Å². The summed E-state index contributed by atoms with van der Waals surface area (Å²) in [5, 5.41) is 5.15. The zero-order valence-electron chi connectivity index (χ0n) is 23.5. The summed E-state index contributed by atoms with van der Waals surface area (Å²) in [5.74, 6) is -0.436. The Morgan fingerprint density at radius 3 is 1.77 bits per heavy atom. The van der Waals surface area contributed by atoms with Crippen LogP contribution in [0.3, 0.4) is 0 Å². The third-order valence-electron chi connectivity index (χ3n) is 7.05. The predicted molar refractivity (Wildman–Crippen MR) is 153 cm³/mol. The summed E-state index contributed by atoms with van der Waals surface area (Å²) < 4.78 is 13.1. The van der Waals surface area contributed by atoms with E-state index in [9.17, 15) is 9.59 Å². The maximum absolute atomic E-state index is 13.8. The molecule has 1 amide bonds. The van der Waals surface area contributed by atoms with Gasteiger partial charge in [-0.2, -0.15) is 5.10 Å². The molecule has 0 radical (unpaired) electrons. The maximum Gasteiger partial charge on any atom is 0.410 e. The van der Waals surface area contributed by atoms with E-state index < -0.39 is 23.2 Å². The molecular weight excluding hydrogens is 502 g/mol. The number of amides is 1. The molecule has 0 saturated heterocycles. The lowest BCUT2D eigenvalue weighted by atomic mass is 9.77. The summed E-state index contributed by atoms with van der Waals surface area (Å²) in [5.41, 5.74) is 3.09. The zero-order chi connectivity index (χ0) is 28.3. The third kappa shape index (κ3) is 4.99. The Labute approximate surface area is 235 Å². The minimum absolute atomic E-state index is 0.234. The van der Waals surface area contributed by atoms with Crippen LogP contribution in [0.2, 0.25) is 0 Å². The number of hydrogen-bond acceptors (Lipinski definition) is 5. The first kappa shape index (κ1) is 27.2. The number of hydrogen-bond donors (Lipinski definition) is 0. The highest BCUT2D eigenvalue weighted by molar-refractivity contribution is 5.90. The monoisotopic (exact) mass is 537 g/mol. The Bertz CT molecular complexity index is 1380. The number of nitrogens with zero attached hydrogens (tertiary/aromatic N) is 3. The molecule has 40 heavy (non-hydrogen) atoms. The summed E-state index contributed by atoms with van der Waals surface area (Å²) in [4.78, 5) is 28.4. The van der Waals surface area contributed by atoms with Crippen LogP contribution < -0.4 is 0 Å². The van der Waals surface area contributed by atoms with Crippen LogP contribution in [-0.2, 0) is 28.0 Å². The highest BCUT2D eigenvalue weighted by Crippen LogP contribution is 2.43. The van der Waals surface area contributed by atoms with E-state index in [0.29, 0.717) is 24.4 Å². The van der Waals surface area contributed by atoms with Gasteiger partial charge in [-0.15, -0.1) is 0 Å². The molecule has 0 spiro atoms. The van der Waals surface area contributed by atoms with Gasteiger partial charge in [-0.1, -0.05) is 91.0 Å². The van der Waals surface area contributed by atoms with E-state index in [2.05, 4.69) is 36.4 Å². The van der Waals surface area contributed by atoms with Gasteiger partial charge in [0.25, 0.3) is 0 Å². The van der Waals surface area contributed by atoms with Crippen molar-refractivity contribution in [3.8, 4) is 0 Å². The number of fused-ring (bicyclic) bond motifs is 1. The number of ether oxygens (including phenoxy) is 2. The van der Waals surface area contributed by atoms with Crippen LogP contribution in [0.1, 0.15) is 66.1 Å². The highest BCUT2D eigenvalue weighted by Gasteiger charge is 2.44. The Morgan fingerprint density at radius 1 is 0.825 bits per heavy atom. The van der Waals surface area contributed by atoms with Crippen molar-refractivity contribution in [3.05, 3.63) is 125 Å². The molecule has 1 aromatic heterocycles. The average Bonchev–Trinajstić information content (AvgIpc) is 3.33. The number of carbonyl (C=O) groups is 2. The lowest BCUT2D eigenvalue weighted by Gasteiger charge is -2.37. The summed E-state index contributed by atoms with van der Waals surface area (Å²) >= 11 is 0. The lowest BCUT2D eigenvalue weighted by molar-refractivity contribution is 0.0221. The Balaban J connectivity index is 1.79. The van der Waals surface area contributed by atoms with E-state index in [4.69, 9.17) is 14.6 Å². The lowest BCUT2D eigenvalue weighted by Crippen LogP contribution is -2.41. The average molecular weight is 538 g/mol. The molecule has 7 nitrogen and oxygen atoms in total. The van der Waals surface area contributed by atoms with Crippen molar-refractivity contribution in [1.29, 1.82) is 0 Å². The molecule has 206 valence electrons. The van der Waals surface area contributed by atoms with Crippen LogP contribution in [0, 0.1) is 0 Å². The fraction of sp³-hybridized carbons (Fsp3) is 0.303. The van der Waals surface area contributed by atoms with Gasteiger partial charge in [0.05, 0.1) is 18.8 Å². The van der Waals surface area contributed by atoms with E-state index in [-0.39, 0.29) is 13.2 Å². The van der Waals surface area contributed by atoms with Gasteiger partial charge < -0.3 is 14.4 Å². The molecule has 2 heterocycles. The zero-order valence-corrected chi connectivity index (χ0v) is 23.5. The van der Waals surface area contributed by atoms with Crippen molar-refractivity contribution in [2.24, 2.45) is 0 Å². The second-order valence-electron chi connectivity index (χ2n) is 10.9. The highest BCUT2D eigenvalue weighted by atomic mass is 16.6. The fourth-order valence-corrected chi connectivity index (χ4v) is 5.43. The Morgan fingerprint density at radius 2 is 1.32 bits per heavy atom. The molecule has 1 aliphatic heterocycles. The first-order valence-electron chi connectivity index (χ1n) is 13.7. The second-order valence-corrected chi connectivity index (χ2v) is 10.9. The molecule has 0 aliphatic carbocycles. The van der Waals surface area contributed by atoms with Crippen LogP contribution in [0.5, 0.6) is 0 Å². The summed E-state index contributed by atoms with van der Waals surface area (Å²) in [6, 6.07) is 30.2. The van der Waals surface area contributed by atoms with Crippen molar-refractivity contribution in [2.45, 2.75) is 51.8 Å². The molecule has 0 N–H and O–H groups in total. The SMILES string of the molecule is CCOC(=O)c1c2c(nn1C(c1ccccc1)(c1ccccc1)c1ccccc1)CN(C(=O)OC(C)(C)C)CC2. The molecule has 0 atom stereocenters. The number of aromatic nitrogens is 2. The number of carbonyl (C=O) groups excluding carboxylic acids is 2. The molecule has 0 unspecified atom stereocenters. The molecule has 0 bridgehead atoms. The van der Waals surface area contributed by atoms with Crippen molar-refractivity contribution in [2.75, 3.05) is 13.2 Å². The molecule has 0 fully saturated rings. The minimum Gasteiger partial charge on any atom is -0.461 e. The summed E-state index contributed by atoms with van der Waals surface area (Å²) in [7, 11) is 0. The number of benzene rings is 3. The van der Waals surface area contributed by atoms with Gasteiger partial charge >= 0.3 is 12.1 Å². The van der Waals surface area contributed by atoms with Crippen molar-refractivity contribution in [3.63, 3.8) is 0 Å².